The van der Waals surface area contributed by atoms with Crippen LogP contribution in [-0.2, 0) is 0 Å². The second-order valence-electron chi connectivity index (χ2n) is 5.64. The van der Waals surface area contributed by atoms with E-state index < -0.39 is 0 Å². The predicted molar refractivity (Wildman–Crippen MR) is 101 cm³/mol. The van der Waals surface area contributed by atoms with E-state index in [9.17, 15) is 5.11 Å². The predicted octanol–water partition coefficient (Wildman–Crippen LogP) is 4.51. The number of phenols is 1. The van der Waals surface area contributed by atoms with Gasteiger partial charge in [0.2, 0.25) is 0 Å². The molecule has 2 aromatic carbocycles. The molecular weight excluding hydrogens is 352 g/mol. The second kappa shape index (κ2) is 6.57. The first kappa shape index (κ1) is 16.2. The number of aromatic hydroxyl groups is 1. The van der Waals surface area contributed by atoms with Crippen molar-refractivity contribution in [1.29, 1.82) is 0 Å². The normalized spacial score (nSPS) is 10.8. The van der Waals surface area contributed by atoms with Crippen molar-refractivity contribution < 1.29 is 9.84 Å². The Hall–Kier alpha value is -3.25. The smallest absolute Gasteiger partial charge is 0.161 e. The largest absolute Gasteiger partial charge is 0.504 e. The van der Waals surface area contributed by atoms with Crippen LogP contribution in [0.4, 0.5) is 11.5 Å². The third-order valence-electron chi connectivity index (χ3n) is 3.97. The minimum Gasteiger partial charge on any atom is -0.504 e. The van der Waals surface area contributed by atoms with Crippen LogP contribution in [-0.4, -0.2) is 26.6 Å². The quantitative estimate of drug-likeness (QED) is 0.556. The number of halogens is 1. The zero-order valence-corrected chi connectivity index (χ0v) is 14.6. The molecule has 0 aliphatic heterocycles. The zero-order valence-electron chi connectivity index (χ0n) is 13.8. The lowest BCUT2D eigenvalue weighted by Gasteiger charge is -2.10. The molecule has 0 saturated heterocycles. The third-order valence-corrected chi connectivity index (χ3v) is 4.21. The number of ether oxygens (including phenoxy) is 1. The van der Waals surface area contributed by atoms with E-state index in [-0.39, 0.29) is 5.75 Å². The average molecular weight is 367 g/mol. The number of aromatic nitrogens is 3. The SMILES string of the molecule is COc1cc(-c2nc3cnccn3c2Nc2cccc(Cl)c2)ccc1O. The number of benzene rings is 2. The van der Waals surface area contributed by atoms with Crippen LogP contribution in [0.25, 0.3) is 16.9 Å². The Bertz CT molecular complexity index is 1090. The Morgan fingerprint density at radius 1 is 1.19 bits per heavy atom. The zero-order chi connectivity index (χ0) is 18.1. The van der Waals surface area contributed by atoms with E-state index in [0.717, 1.165) is 17.1 Å². The van der Waals surface area contributed by atoms with Crippen molar-refractivity contribution in [2.24, 2.45) is 0 Å². The van der Waals surface area contributed by atoms with Crippen LogP contribution in [0.15, 0.2) is 61.1 Å². The van der Waals surface area contributed by atoms with Crippen molar-refractivity contribution in [3.8, 4) is 22.8 Å². The van der Waals surface area contributed by atoms with E-state index in [1.807, 2.05) is 34.9 Å². The summed E-state index contributed by atoms with van der Waals surface area (Å²) in [5.74, 6) is 1.22. The maximum atomic E-state index is 9.87. The van der Waals surface area contributed by atoms with Gasteiger partial charge in [-0.05, 0) is 36.4 Å². The van der Waals surface area contributed by atoms with Gasteiger partial charge in [-0.25, -0.2) is 4.98 Å². The van der Waals surface area contributed by atoms with Gasteiger partial charge in [-0.2, -0.15) is 0 Å². The van der Waals surface area contributed by atoms with Gasteiger partial charge in [0, 0.05) is 28.7 Å². The highest BCUT2D eigenvalue weighted by Gasteiger charge is 2.16. The van der Waals surface area contributed by atoms with E-state index in [1.54, 1.807) is 30.6 Å². The van der Waals surface area contributed by atoms with Crippen LogP contribution in [0.5, 0.6) is 11.5 Å². The van der Waals surface area contributed by atoms with E-state index in [1.165, 1.54) is 7.11 Å². The highest BCUT2D eigenvalue weighted by molar-refractivity contribution is 6.30. The molecule has 26 heavy (non-hydrogen) atoms. The van der Waals surface area contributed by atoms with Gasteiger partial charge in [-0.15, -0.1) is 0 Å². The van der Waals surface area contributed by atoms with Gasteiger partial charge >= 0.3 is 0 Å². The number of nitrogens with zero attached hydrogens (tertiary/aromatic N) is 3. The van der Waals surface area contributed by atoms with Gasteiger partial charge in [0.15, 0.2) is 17.1 Å². The van der Waals surface area contributed by atoms with Crippen molar-refractivity contribution in [3.63, 3.8) is 0 Å². The summed E-state index contributed by atoms with van der Waals surface area (Å²) in [6, 6.07) is 12.6. The van der Waals surface area contributed by atoms with Crippen LogP contribution in [0, 0.1) is 0 Å². The Balaban J connectivity index is 1.89. The van der Waals surface area contributed by atoms with Gasteiger partial charge < -0.3 is 15.2 Å². The maximum Gasteiger partial charge on any atom is 0.161 e. The highest BCUT2D eigenvalue weighted by atomic mass is 35.5. The summed E-state index contributed by atoms with van der Waals surface area (Å²) in [6.07, 6.45) is 5.21. The van der Waals surface area contributed by atoms with Crippen LogP contribution in [0.3, 0.4) is 0 Å². The van der Waals surface area contributed by atoms with E-state index >= 15 is 0 Å². The van der Waals surface area contributed by atoms with E-state index in [0.29, 0.717) is 22.1 Å². The van der Waals surface area contributed by atoms with Crippen LogP contribution in [0.1, 0.15) is 0 Å². The third kappa shape index (κ3) is 2.91. The lowest BCUT2D eigenvalue weighted by molar-refractivity contribution is 0.373. The van der Waals surface area contributed by atoms with Crippen LogP contribution in [0.2, 0.25) is 5.02 Å². The molecule has 130 valence electrons. The van der Waals surface area contributed by atoms with Gasteiger partial charge in [0.25, 0.3) is 0 Å². The topological polar surface area (TPSA) is 71.7 Å². The number of imidazole rings is 1. The minimum atomic E-state index is 0.0750. The van der Waals surface area contributed by atoms with Gasteiger partial charge in [-0.3, -0.25) is 9.38 Å². The molecule has 2 aromatic heterocycles. The molecule has 0 unspecified atom stereocenters. The number of nitrogens with one attached hydrogen (secondary N) is 1. The monoisotopic (exact) mass is 366 g/mol. The fourth-order valence-electron chi connectivity index (χ4n) is 2.76. The number of phenolic OH excluding ortho intramolecular Hbond substituents is 1. The first-order chi connectivity index (χ1) is 12.7. The molecule has 0 bridgehead atoms. The summed E-state index contributed by atoms with van der Waals surface area (Å²) in [5, 5.41) is 13.9. The first-order valence-electron chi connectivity index (χ1n) is 7.88. The standard InChI is InChI=1S/C19H15ClN4O2/c1-26-16-9-12(5-6-15(16)25)18-19(22-14-4-2-3-13(20)10-14)24-8-7-21-11-17(24)23-18/h2-11,22,25H,1H3. The highest BCUT2D eigenvalue weighted by Crippen LogP contribution is 2.36. The average Bonchev–Trinajstić information content (AvgIpc) is 3.01. The summed E-state index contributed by atoms with van der Waals surface area (Å²) in [4.78, 5) is 8.81. The summed E-state index contributed by atoms with van der Waals surface area (Å²) in [6.45, 7) is 0. The van der Waals surface area contributed by atoms with Crippen molar-refractivity contribution in [1.82, 2.24) is 14.4 Å². The lowest BCUT2D eigenvalue weighted by Crippen LogP contribution is -1.97. The molecule has 7 heteroatoms. The van der Waals surface area contributed by atoms with Gasteiger partial charge in [0.05, 0.1) is 13.3 Å². The molecule has 4 aromatic rings. The molecule has 0 amide bonds. The molecule has 0 fully saturated rings. The Kier molecular flexibility index (Phi) is 4.10. The summed E-state index contributed by atoms with van der Waals surface area (Å²) in [7, 11) is 1.51. The molecule has 2 N–H and O–H groups in total. The lowest BCUT2D eigenvalue weighted by atomic mass is 10.1. The first-order valence-corrected chi connectivity index (χ1v) is 8.25. The Morgan fingerprint density at radius 3 is 2.88 bits per heavy atom. The molecule has 4 rings (SSSR count). The second-order valence-corrected chi connectivity index (χ2v) is 6.07. The Labute approximate surface area is 154 Å². The number of hydrogen-bond donors (Lipinski definition) is 2. The number of fused-ring (bicyclic) bond motifs is 1. The molecule has 0 atom stereocenters. The number of anilines is 2. The van der Waals surface area contributed by atoms with E-state index in [2.05, 4.69) is 15.3 Å². The molecule has 0 aliphatic rings. The minimum absolute atomic E-state index is 0.0750. The summed E-state index contributed by atoms with van der Waals surface area (Å²) < 4.78 is 7.13. The fraction of sp³-hybridized carbons (Fsp3) is 0.0526. The molecule has 6 nitrogen and oxygen atoms in total. The number of rotatable bonds is 4. The van der Waals surface area contributed by atoms with E-state index in [4.69, 9.17) is 16.3 Å². The maximum absolute atomic E-state index is 9.87. The van der Waals surface area contributed by atoms with Crippen molar-refractivity contribution in [3.05, 3.63) is 66.1 Å². The van der Waals surface area contributed by atoms with Crippen molar-refractivity contribution >= 4 is 28.8 Å². The number of methoxy groups -OCH3 is 1. The molecule has 0 aliphatic carbocycles. The summed E-state index contributed by atoms with van der Waals surface area (Å²) in [5.41, 5.74) is 3.03. The van der Waals surface area contributed by atoms with Crippen molar-refractivity contribution in [2.75, 3.05) is 12.4 Å². The van der Waals surface area contributed by atoms with Crippen LogP contribution < -0.4 is 10.1 Å². The number of hydrogen-bond acceptors (Lipinski definition) is 5. The molecule has 2 heterocycles. The van der Waals surface area contributed by atoms with Crippen molar-refractivity contribution in [2.45, 2.75) is 0 Å². The molecule has 0 saturated carbocycles. The van der Waals surface area contributed by atoms with Gasteiger partial charge in [-0.1, -0.05) is 17.7 Å². The Morgan fingerprint density at radius 2 is 2.08 bits per heavy atom. The summed E-state index contributed by atoms with van der Waals surface area (Å²) >= 11 is 6.10. The molecule has 0 radical (unpaired) electrons. The molecular formula is C19H15ClN4O2. The fourth-order valence-corrected chi connectivity index (χ4v) is 2.95. The molecule has 0 spiro atoms. The van der Waals surface area contributed by atoms with Gasteiger partial charge in [0.1, 0.15) is 11.5 Å². The van der Waals surface area contributed by atoms with Crippen LogP contribution >= 0.6 is 11.6 Å².